The Kier molecular flexibility index (Phi) is 4.70. The third-order valence-electron chi connectivity index (χ3n) is 5.27. The van der Waals surface area contributed by atoms with Gasteiger partial charge in [-0.3, -0.25) is 0 Å². The highest BCUT2D eigenvalue weighted by atomic mass is 15.0. The van der Waals surface area contributed by atoms with Crippen molar-refractivity contribution in [3.05, 3.63) is 96.1 Å². The summed E-state index contributed by atoms with van der Waals surface area (Å²) in [5.74, 6) is 0. The molecule has 2 N–H and O–H groups in total. The summed E-state index contributed by atoms with van der Waals surface area (Å²) in [6, 6.07) is 30.7. The van der Waals surface area contributed by atoms with E-state index in [0.29, 0.717) is 0 Å². The zero-order valence-corrected chi connectivity index (χ0v) is 15.2. The smallest absolute Gasteiger partial charge is 0.0522 e. The van der Waals surface area contributed by atoms with Crippen LogP contribution in [0.5, 0.6) is 0 Å². The van der Waals surface area contributed by atoms with Crippen LogP contribution in [-0.2, 0) is 0 Å². The fraction of sp³-hybridized carbons (Fsp3) is 0.167. The first-order valence-electron chi connectivity index (χ1n) is 9.13. The number of likely N-dealkylation sites (N-methyl/N-ethyl adjacent to an activating group) is 2. The van der Waals surface area contributed by atoms with Crippen LogP contribution in [0.4, 0.5) is 0 Å². The van der Waals surface area contributed by atoms with Crippen LogP contribution in [-0.4, -0.2) is 14.1 Å². The Labute approximate surface area is 154 Å². The van der Waals surface area contributed by atoms with Crippen molar-refractivity contribution < 1.29 is 0 Å². The van der Waals surface area contributed by atoms with E-state index in [4.69, 9.17) is 0 Å². The molecule has 130 valence electrons. The van der Waals surface area contributed by atoms with Crippen LogP contribution in [0.3, 0.4) is 0 Å². The van der Waals surface area contributed by atoms with Gasteiger partial charge in [0.25, 0.3) is 0 Å². The van der Waals surface area contributed by atoms with Crippen LogP contribution in [0.15, 0.2) is 84.9 Å². The number of nitrogens with one attached hydrogen (secondary N) is 2. The summed E-state index contributed by atoms with van der Waals surface area (Å²) in [7, 11) is 4.09. The van der Waals surface area contributed by atoms with E-state index < -0.39 is 0 Å². The van der Waals surface area contributed by atoms with Crippen molar-refractivity contribution in [2.75, 3.05) is 14.1 Å². The Balaban J connectivity index is 1.88. The van der Waals surface area contributed by atoms with Gasteiger partial charge < -0.3 is 10.6 Å². The normalized spacial score (nSPS) is 13.8. The van der Waals surface area contributed by atoms with Crippen LogP contribution in [0, 0.1) is 0 Å². The van der Waals surface area contributed by atoms with Crippen LogP contribution in [0.25, 0.3) is 21.5 Å². The molecule has 4 aromatic carbocycles. The maximum atomic E-state index is 3.56. The monoisotopic (exact) mass is 340 g/mol. The lowest BCUT2D eigenvalue weighted by atomic mass is 9.88. The first kappa shape index (κ1) is 16.8. The molecule has 0 aliphatic carbocycles. The van der Waals surface area contributed by atoms with E-state index in [-0.39, 0.29) is 12.1 Å². The maximum Gasteiger partial charge on any atom is 0.0522 e. The molecule has 0 spiro atoms. The van der Waals surface area contributed by atoms with E-state index in [1.165, 1.54) is 32.7 Å². The second-order valence-electron chi connectivity index (χ2n) is 6.67. The van der Waals surface area contributed by atoms with Crippen molar-refractivity contribution in [1.29, 1.82) is 0 Å². The Hall–Kier alpha value is -2.68. The number of benzene rings is 4. The van der Waals surface area contributed by atoms with Crippen LogP contribution in [0.1, 0.15) is 23.2 Å². The molecule has 4 aromatic rings. The topological polar surface area (TPSA) is 24.1 Å². The van der Waals surface area contributed by atoms with Gasteiger partial charge in [0.15, 0.2) is 0 Å². The van der Waals surface area contributed by atoms with E-state index in [1.54, 1.807) is 0 Å². The van der Waals surface area contributed by atoms with E-state index in [1.807, 2.05) is 14.1 Å². The highest BCUT2D eigenvalue weighted by molar-refractivity contribution is 5.88. The Morgan fingerprint density at radius 3 is 1.31 bits per heavy atom. The van der Waals surface area contributed by atoms with Gasteiger partial charge >= 0.3 is 0 Å². The van der Waals surface area contributed by atoms with Crippen molar-refractivity contribution in [2.45, 2.75) is 12.1 Å². The summed E-state index contributed by atoms with van der Waals surface area (Å²) in [6.07, 6.45) is 0. The van der Waals surface area contributed by atoms with E-state index in [9.17, 15) is 0 Å². The Morgan fingerprint density at radius 2 is 0.885 bits per heavy atom. The van der Waals surface area contributed by atoms with E-state index >= 15 is 0 Å². The molecule has 0 saturated carbocycles. The van der Waals surface area contributed by atoms with E-state index in [2.05, 4.69) is 95.6 Å². The fourth-order valence-corrected chi connectivity index (χ4v) is 4.05. The molecule has 2 heteroatoms. The van der Waals surface area contributed by atoms with E-state index in [0.717, 1.165) is 0 Å². The van der Waals surface area contributed by atoms with Gasteiger partial charge in [-0.25, -0.2) is 0 Å². The van der Waals surface area contributed by atoms with Crippen molar-refractivity contribution in [3.63, 3.8) is 0 Å². The average molecular weight is 340 g/mol. The summed E-state index contributed by atoms with van der Waals surface area (Å²) >= 11 is 0. The van der Waals surface area contributed by atoms with Gasteiger partial charge in [0.2, 0.25) is 0 Å². The molecule has 0 bridgehead atoms. The lowest BCUT2D eigenvalue weighted by Crippen LogP contribution is -2.32. The summed E-state index contributed by atoms with van der Waals surface area (Å²) in [4.78, 5) is 0. The SMILES string of the molecule is CN[C@H](c1cccc2ccccc12)[C@@H](NC)c1cccc2ccccc12. The Bertz CT molecular complexity index is 942. The minimum absolute atomic E-state index is 0.164. The largest absolute Gasteiger partial charge is 0.311 e. The summed E-state index contributed by atoms with van der Waals surface area (Å²) in [5.41, 5.74) is 2.63. The van der Waals surface area contributed by atoms with Gasteiger partial charge in [0.1, 0.15) is 0 Å². The molecule has 26 heavy (non-hydrogen) atoms. The van der Waals surface area contributed by atoms with Crippen molar-refractivity contribution in [2.24, 2.45) is 0 Å². The highest BCUT2D eigenvalue weighted by Gasteiger charge is 2.24. The second kappa shape index (κ2) is 7.28. The molecule has 0 aliphatic rings. The first-order chi connectivity index (χ1) is 12.8. The number of rotatable bonds is 5. The third-order valence-corrected chi connectivity index (χ3v) is 5.27. The number of hydrogen-bond acceptors (Lipinski definition) is 2. The predicted octanol–water partition coefficient (Wildman–Crippen LogP) is 5.21. The minimum atomic E-state index is 0.164. The molecule has 0 aromatic heterocycles. The molecule has 0 fully saturated rings. The lowest BCUT2D eigenvalue weighted by Gasteiger charge is -2.29. The first-order valence-corrected chi connectivity index (χ1v) is 9.13. The molecule has 4 rings (SSSR count). The maximum absolute atomic E-state index is 3.56. The molecule has 0 unspecified atom stereocenters. The van der Waals surface area contributed by atoms with Crippen LogP contribution in [0.2, 0.25) is 0 Å². The molecule has 0 aliphatic heterocycles. The summed E-state index contributed by atoms with van der Waals surface area (Å²) in [5, 5.41) is 12.3. The second-order valence-corrected chi connectivity index (χ2v) is 6.67. The molecular weight excluding hydrogens is 316 g/mol. The Morgan fingerprint density at radius 1 is 0.500 bits per heavy atom. The van der Waals surface area contributed by atoms with Crippen molar-refractivity contribution in [3.8, 4) is 0 Å². The molecule has 2 atom stereocenters. The number of fused-ring (bicyclic) bond motifs is 2. The number of hydrogen-bond donors (Lipinski definition) is 2. The van der Waals surface area contributed by atoms with Gasteiger partial charge in [-0.1, -0.05) is 84.9 Å². The van der Waals surface area contributed by atoms with Gasteiger partial charge in [-0.2, -0.15) is 0 Å². The molecule has 0 heterocycles. The predicted molar refractivity (Wildman–Crippen MR) is 111 cm³/mol. The van der Waals surface area contributed by atoms with Gasteiger partial charge in [-0.15, -0.1) is 0 Å². The fourth-order valence-electron chi connectivity index (χ4n) is 4.05. The highest BCUT2D eigenvalue weighted by Crippen LogP contribution is 2.35. The molecular formula is C24H24N2. The van der Waals surface area contributed by atoms with Crippen molar-refractivity contribution >= 4 is 21.5 Å². The van der Waals surface area contributed by atoms with Gasteiger partial charge in [-0.05, 0) is 46.8 Å². The molecule has 0 saturated heterocycles. The zero-order valence-electron chi connectivity index (χ0n) is 15.2. The minimum Gasteiger partial charge on any atom is -0.311 e. The average Bonchev–Trinajstić information content (AvgIpc) is 2.71. The van der Waals surface area contributed by atoms with Gasteiger partial charge in [0, 0.05) is 0 Å². The molecule has 0 amide bonds. The summed E-state index contributed by atoms with van der Waals surface area (Å²) in [6.45, 7) is 0. The van der Waals surface area contributed by atoms with Gasteiger partial charge in [0.05, 0.1) is 12.1 Å². The zero-order chi connectivity index (χ0) is 17.9. The van der Waals surface area contributed by atoms with Crippen molar-refractivity contribution in [1.82, 2.24) is 10.6 Å². The quantitative estimate of drug-likeness (QED) is 0.521. The molecule has 0 radical (unpaired) electrons. The molecule has 2 nitrogen and oxygen atoms in total. The lowest BCUT2D eigenvalue weighted by molar-refractivity contribution is 0.437. The standard InChI is InChI=1S/C24H24N2/c1-25-23(21-15-7-11-17-9-3-5-13-19(17)21)24(26-2)22-16-8-12-18-10-4-6-14-20(18)22/h3-16,23-26H,1-2H3/t23-,24+. The summed E-state index contributed by atoms with van der Waals surface area (Å²) < 4.78 is 0. The van der Waals surface area contributed by atoms with Crippen LogP contribution < -0.4 is 10.6 Å². The third kappa shape index (κ3) is 2.88. The van der Waals surface area contributed by atoms with Crippen LogP contribution >= 0.6 is 0 Å².